The first-order valence-electron chi connectivity index (χ1n) is 7.13. The average Bonchev–Trinajstić information content (AvgIpc) is 3.10. The molecule has 0 aliphatic carbocycles. The topological polar surface area (TPSA) is 60.2 Å². The molecule has 0 fully saturated rings. The van der Waals surface area contributed by atoms with Crippen molar-refractivity contribution in [1.82, 2.24) is 15.5 Å². The number of para-hydroxylation sites is 1. The zero-order valence-electron chi connectivity index (χ0n) is 11.8. The van der Waals surface area contributed by atoms with Gasteiger partial charge in [-0.3, -0.25) is 0 Å². The van der Waals surface area contributed by atoms with Crippen LogP contribution in [0.2, 0.25) is 0 Å². The second kappa shape index (κ2) is 5.63. The van der Waals surface area contributed by atoms with Crippen molar-refractivity contribution in [1.29, 1.82) is 0 Å². The standard InChI is InChI=1S/C15H19N3O2/c1-3-11(16-4-2)14-17-18-15(20-14)13-9-10-7-5-6-8-12(10)19-13/h5-8,11,13,16H,3-4,9H2,1-2H3. The molecule has 0 bridgehead atoms. The van der Waals surface area contributed by atoms with Crippen LogP contribution in [0.5, 0.6) is 5.75 Å². The average molecular weight is 273 g/mol. The van der Waals surface area contributed by atoms with Crippen LogP contribution >= 0.6 is 0 Å². The van der Waals surface area contributed by atoms with Crippen LogP contribution in [0.3, 0.4) is 0 Å². The van der Waals surface area contributed by atoms with Crippen molar-refractivity contribution in [3.05, 3.63) is 41.6 Å². The Bertz CT molecular complexity index is 557. The number of ether oxygens (including phenoxy) is 1. The first-order chi connectivity index (χ1) is 9.81. The summed E-state index contributed by atoms with van der Waals surface area (Å²) in [5, 5.41) is 11.6. The fourth-order valence-electron chi connectivity index (χ4n) is 2.49. The molecule has 3 rings (SSSR count). The van der Waals surface area contributed by atoms with E-state index in [0.717, 1.165) is 25.1 Å². The number of nitrogens with one attached hydrogen (secondary N) is 1. The summed E-state index contributed by atoms with van der Waals surface area (Å²) >= 11 is 0. The molecule has 106 valence electrons. The van der Waals surface area contributed by atoms with Gasteiger partial charge in [0.15, 0.2) is 6.10 Å². The van der Waals surface area contributed by atoms with E-state index in [1.807, 2.05) is 18.2 Å². The predicted molar refractivity (Wildman–Crippen MR) is 74.5 cm³/mol. The van der Waals surface area contributed by atoms with Gasteiger partial charge in [-0.05, 0) is 24.6 Å². The van der Waals surface area contributed by atoms with Gasteiger partial charge in [-0.15, -0.1) is 10.2 Å². The van der Waals surface area contributed by atoms with Gasteiger partial charge in [0.2, 0.25) is 5.89 Å². The lowest BCUT2D eigenvalue weighted by Crippen LogP contribution is -2.20. The summed E-state index contributed by atoms with van der Waals surface area (Å²) in [4.78, 5) is 0. The Hall–Kier alpha value is -1.88. The molecule has 1 aromatic carbocycles. The molecule has 1 N–H and O–H groups in total. The van der Waals surface area contributed by atoms with E-state index in [4.69, 9.17) is 9.15 Å². The van der Waals surface area contributed by atoms with E-state index >= 15 is 0 Å². The quantitative estimate of drug-likeness (QED) is 0.907. The van der Waals surface area contributed by atoms with E-state index in [0.29, 0.717) is 11.8 Å². The zero-order valence-corrected chi connectivity index (χ0v) is 11.8. The van der Waals surface area contributed by atoms with Crippen LogP contribution in [0.1, 0.15) is 49.8 Å². The molecule has 1 aliphatic rings. The normalized spacial score (nSPS) is 18.6. The third-order valence-electron chi connectivity index (χ3n) is 3.54. The third-order valence-corrected chi connectivity index (χ3v) is 3.54. The number of aromatic nitrogens is 2. The summed E-state index contributed by atoms with van der Waals surface area (Å²) in [6.45, 7) is 5.04. The highest BCUT2D eigenvalue weighted by Gasteiger charge is 2.29. The van der Waals surface area contributed by atoms with Crippen molar-refractivity contribution >= 4 is 0 Å². The minimum atomic E-state index is -0.159. The Kier molecular flexibility index (Phi) is 3.69. The summed E-state index contributed by atoms with van der Waals surface area (Å²) < 4.78 is 11.7. The molecule has 2 aromatic rings. The molecule has 0 saturated carbocycles. The Labute approximate surface area is 118 Å². The highest BCUT2D eigenvalue weighted by Crippen LogP contribution is 2.36. The van der Waals surface area contributed by atoms with Gasteiger partial charge >= 0.3 is 0 Å². The maximum Gasteiger partial charge on any atom is 0.257 e. The number of benzene rings is 1. The van der Waals surface area contributed by atoms with Gasteiger partial charge in [0.1, 0.15) is 5.75 Å². The molecule has 0 spiro atoms. The molecule has 2 heterocycles. The fraction of sp³-hybridized carbons (Fsp3) is 0.467. The van der Waals surface area contributed by atoms with Gasteiger partial charge in [-0.1, -0.05) is 32.0 Å². The monoisotopic (exact) mass is 273 g/mol. The fourth-order valence-corrected chi connectivity index (χ4v) is 2.49. The van der Waals surface area contributed by atoms with E-state index in [-0.39, 0.29) is 12.1 Å². The molecule has 2 unspecified atom stereocenters. The Morgan fingerprint density at radius 1 is 1.30 bits per heavy atom. The van der Waals surface area contributed by atoms with E-state index in [1.54, 1.807) is 0 Å². The summed E-state index contributed by atoms with van der Waals surface area (Å²) in [5.74, 6) is 2.12. The Morgan fingerprint density at radius 3 is 2.90 bits per heavy atom. The molecule has 0 radical (unpaired) electrons. The van der Waals surface area contributed by atoms with E-state index in [1.165, 1.54) is 5.56 Å². The predicted octanol–water partition coefficient (Wildman–Crippen LogP) is 2.81. The van der Waals surface area contributed by atoms with Crippen LogP contribution in [0, 0.1) is 0 Å². The van der Waals surface area contributed by atoms with Crippen molar-refractivity contribution in [2.75, 3.05) is 6.54 Å². The second-order valence-electron chi connectivity index (χ2n) is 4.92. The van der Waals surface area contributed by atoms with Crippen LogP contribution in [0.25, 0.3) is 0 Å². The Morgan fingerprint density at radius 2 is 2.15 bits per heavy atom. The summed E-state index contributed by atoms with van der Waals surface area (Å²) in [5.41, 5.74) is 1.19. The largest absolute Gasteiger partial charge is 0.480 e. The summed E-state index contributed by atoms with van der Waals surface area (Å²) in [7, 11) is 0. The van der Waals surface area contributed by atoms with Crippen LogP contribution < -0.4 is 10.1 Å². The molecule has 1 aliphatic heterocycles. The van der Waals surface area contributed by atoms with Gasteiger partial charge in [-0.25, -0.2) is 0 Å². The van der Waals surface area contributed by atoms with Crippen LogP contribution in [0.15, 0.2) is 28.7 Å². The lowest BCUT2D eigenvalue weighted by atomic mass is 10.1. The van der Waals surface area contributed by atoms with Crippen LogP contribution in [-0.4, -0.2) is 16.7 Å². The summed E-state index contributed by atoms with van der Waals surface area (Å²) in [6.07, 6.45) is 1.55. The SMILES string of the molecule is CCNC(CC)c1nnc(C2Cc3ccccc3O2)o1. The van der Waals surface area contributed by atoms with E-state index in [9.17, 15) is 0 Å². The van der Waals surface area contributed by atoms with Gasteiger partial charge < -0.3 is 14.5 Å². The van der Waals surface area contributed by atoms with Crippen molar-refractivity contribution in [2.24, 2.45) is 0 Å². The number of rotatable bonds is 5. The van der Waals surface area contributed by atoms with Crippen molar-refractivity contribution < 1.29 is 9.15 Å². The highest BCUT2D eigenvalue weighted by atomic mass is 16.5. The zero-order chi connectivity index (χ0) is 13.9. The first-order valence-corrected chi connectivity index (χ1v) is 7.13. The molecule has 0 amide bonds. The minimum absolute atomic E-state index is 0.116. The summed E-state index contributed by atoms with van der Waals surface area (Å²) in [6, 6.07) is 8.14. The van der Waals surface area contributed by atoms with Crippen LogP contribution in [0.4, 0.5) is 0 Å². The number of hydrogen-bond donors (Lipinski definition) is 1. The van der Waals surface area contributed by atoms with Gasteiger partial charge in [0.25, 0.3) is 5.89 Å². The van der Waals surface area contributed by atoms with E-state index in [2.05, 4.69) is 35.4 Å². The Balaban J connectivity index is 1.75. The van der Waals surface area contributed by atoms with Crippen molar-refractivity contribution in [3.63, 3.8) is 0 Å². The number of fused-ring (bicyclic) bond motifs is 1. The molecule has 5 nitrogen and oxygen atoms in total. The molecular formula is C15H19N3O2. The van der Waals surface area contributed by atoms with E-state index < -0.39 is 0 Å². The van der Waals surface area contributed by atoms with Gasteiger partial charge in [0.05, 0.1) is 6.04 Å². The maximum atomic E-state index is 5.86. The third kappa shape index (κ3) is 2.41. The molecule has 5 heteroatoms. The molecule has 20 heavy (non-hydrogen) atoms. The van der Waals surface area contributed by atoms with Gasteiger partial charge in [-0.2, -0.15) is 0 Å². The van der Waals surface area contributed by atoms with Crippen LogP contribution in [-0.2, 0) is 6.42 Å². The maximum absolute atomic E-state index is 5.86. The van der Waals surface area contributed by atoms with Gasteiger partial charge in [0, 0.05) is 6.42 Å². The molecule has 1 aromatic heterocycles. The van der Waals surface area contributed by atoms with Crippen molar-refractivity contribution in [2.45, 2.75) is 38.8 Å². The smallest absolute Gasteiger partial charge is 0.257 e. The number of nitrogens with zero attached hydrogens (tertiary/aromatic N) is 2. The lowest BCUT2D eigenvalue weighted by Gasteiger charge is -2.10. The number of hydrogen-bond acceptors (Lipinski definition) is 5. The highest BCUT2D eigenvalue weighted by molar-refractivity contribution is 5.37. The second-order valence-corrected chi connectivity index (χ2v) is 4.92. The van der Waals surface area contributed by atoms with Crippen molar-refractivity contribution in [3.8, 4) is 5.75 Å². The lowest BCUT2D eigenvalue weighted by molar-refractivity contribution is 0.192. The molecule has 0 saturated heterocycles. The first kappa shape index (κ1) is 13.1. The minimum Gasteiger partial charge on any atom is -0.480 e. The molecule has 2 atom stereocenters. The molecular weight excluding hydrogens is 254 g/mol.